The van der Waals surface area contributed by atoms with Crippen molar-refractivity contribution in [2.75, 3.05) is 18.9 Å². The van der Waals surface area contributed by atoms with Crippen LogP contribution in [-0.2, 0) is 14.8 Å². The average Bonchev–Trinajstić information content (AvgIpc) is 2.37. The molecule has 0 radical (unpaired) electrons. The van der Waals surface area contributed by atoms with Crippen LogP contribution in [0.5, 0.6) is 0 Å². The fourth-order valence-electron chi connectivity index (χ4n) is 1.42. The average molecular weight is 302 g/mol. The fraction of sp³-hybridized carbons (Fsp3) is 0.300. The number of carbonyl (C=O) groups is 1. The molecule has 0 atom stereocenters. The third kappa shape index (κ3) is 3.90. The molecule has 0 saturated heterocycles. The highest BCUT2D eigenvalue weighted by molar-refractivity contribution is 7.89. The quantitative estimate of drug-likeness (QED) is 0.469. The topological polar surface area (TPSA) is 144 Å². The van der Waals surface area contributed by atoms with Crippen LogP contribution in [0.25, 0.3) is 0 Å². The third-order valence-electron chi connectivity index (χ3n) is 2.40. The maximum atomic E-state index is 12.0. The molecule has 1 rings (SSSR count). The molecule has 9 nitrogen and oxygen atoms in total. The number of hydrogen-bond acceptors (Lipinski definition) is 6. The maximum Gasteiger partial charge on any atom is 0.289 e. The van der Waals surface area contributed by atoms with E-state index in [9.17, 15) is 23.3 Å². The largest absolute Gasteiger partial charge is 0.388 e. The van der Waals surface area contributed by atoms with Crippen molar-refractivity contribution in [2.45, 2.75) is 11.3 Å². The number of primary amides is 1. The molecule has 1 aromatic rings. The molecule has 1 aromatic carbocycles. The number of benzene rings is 1. The Morgan fingerprint density at radius 2 is 2.10 bits per heavy atom. The van der Waals surface area contributed by atoms with Crippen molar-refractivity contribution in [2.24, 2.45) is 5.73 Å². The number of nitrogens with two attached hydrogens (primary N) is 1. The minimum atomic E-state index is -4.10. The number of nitro benzene ring substituents is 1. The Labute approximate surface area is 115 Å². The van der Waals surface area contributed by atoms with Crippen molar-refractivity contribution in [3.63, 3.8) is 0 Å². The van der Waals surface area contributed by atoms with E-state index in [4.69, 9.17) is 5.73 Å². The van der Waals surface area contributed by atoms with Crippen LogP contribution in [-0.4, -0.2) is 32.8 Å². The summed E-state index contributed by atoms with van der Waals surface area (Å²) in [5.74, 6) is -0.675. The van der Waals surface area contributed by atoms with Gasteiger partial charge in [-0.3, -0.25) is 14.9 Å². The summed E-state index contributed by atoms with van der Waals surface area (Å²) in [6.45, 7) is -0.224. The molecule has 0 aliphatic rings. The van der Waals surface area contributed by atoms with Crippen LogP contribution >= 0.6 is 0 Å². The van der Waals surface area contributed by atoms with Gasteiger partial charge in [0.05, 0.1) is 4.92 Å². The van der Waals surface area contributed by atoms with Crippen LogP contribution < -0.4 is 15.8 Å². The van der Waals surface area contributed by atoms with Gasteiger partial charge < -0.3 is 11.1 Å². The number of rotatable bonds is 7. The molecular weight excluding hydrogens is 288 g/mol. The Morgan fingerprint density at radius 1 is 1.45 bits per heavy atom. The van der Waals surface area contributed by atoms with Gasteiger partial charge in [0, 0.05) is 31.8 Å². The molecule has 110 valence electrons. The van der Waals surface area contributed by atoms with Crippen molar-refractivity contribution in [3.8, 4) is 0 Å². The van der Waals surface area contributed by atoms with E-state index >= 15 is 0 Å². The summed E-state index contributed by atoms with van der Waals surface area (Å²) in [5, 5.41) is 13.6. The minimum Gasteiger partial charge on any atom is -0.388 e. The first-order chi connectivity index (χ1) is 9.27. The molecule has 0 saturated carbocycles. The summed E-state index contributed by atoms with van der Waals surface area (Å²) in [4.78, 5) is 20.2. The van der Waals surface area contributed by atoms with E-state index < -0.39 is 31.4 Å². The monoisotopic (exact) mass is 302 g/mol. The highest BCUT2D eigenvalue weighted by Gasteiger charge is 2.25. The Balaban J connectivity index is 3.14. The number of nitrogens with zero attached hydrogens (tertiary/aromatic N) is 1. The SMILES string of the molecule is CNc1ccc([N+](=O)[O-])c(S(=O)(=O)NCCC(N)=O)c1. The van der Waals surface area contributed by atoms with Crippen molar-refractivity contribution < 1.29 is 18.1 Å². The van der Waals surface area contributed by atoms with Crippen molar-refractivity contribution in [1.82, 2.24) is 4.72 Å². The van der Waals surface area contributed by atoms with E-state index in [-0.39, 0.29) is 13.0 Å². The van der Waals surface area contributed by atoms with E-state index in [2.05, 4.69) is 10.0 Å². The zero-order valence-corrected chi connectivity index (χ0v) is 11.4. The summed E-state index contributed by atoms with van der Waals surface area (Å²) in [5.41, 5.74) is 4.75. The number of nitrogens with one attached hydrogen (secondary N) is 2. The molecule has 4 N–H and O–H groups in total. The number of sulfonamides is 1. The predicted octanol–water partition coefficient (Wildman–Crippen LogP) is -0.210. The second kappa shape index (κ2) is 6.30. The second-order valence-electron chi connectivity index (χ2n) is 3.80. The standard InChI is InChI=1S/C10H14N4O5S/c1-12-7-2-3-8(14(16)17)9(6-7)20(18,19)13-5-4-10(11)15/h2-3,6,12-13H,4-5H2,1H3,(H2,11,15). The Hall–Kier alpha value is -2.20. The molecule has 0 heterocycles. The lowest BCUT2D eigenvalue weighted by atomic mass is 10.3. The van der Waals surface area contributed by atoms with Crippen LogP contribution in [0.4, 0.5) is 11.4 Å². The molecule has 0 spiro atoms. The van der Waals surface area contributed by atoms with Crippen molar-refractivity contribution in [3.05, 3.63) is 28.3 Å². The molecule has 0 fully saturated rings. The van der Waals surface area contributed by atoms with Crippen LogP contribution in [0, 0.1) is 10.1 Å². The van der Waals surface area contributed by atoms with Gasteiger partial charge in [0.15, 0.2) is 4.90 Å². The number of amides is 1. The van der Waals surface area contributed by atoms with E-state index in [0.717, 1.165) is 12.1 Å². The lowest BCUT2D eigenvalue weighted by Crippen LogP contribution is -2.28. The number of carbonyl (C=O) groups excluding carboxylic acids is 1. The van der Waals surface area contributed by atoms with Crippen LogP contribution in [0.15, 0.2) is 23.1 Å². The fourth-order valence-corrected chi connectivity index (χ4v) is 2.65. The van der Waals surface area contributed by atoms with Crippen LogP contribution in [0.3, 0.4) is 0 Å². The molecule has 20 heavy (non-hydrogen) atoms. The normalized spacial score (nSPS) is 11.1. The van der Waals surface area contributed by atoms with Gasteiger partial charge in [0.1, 0.15) is 0 Å². The van der Waals surface area contributed by atoms with Gasteiger partial charge >= 0.3 is 0 Å². The third-order valence-corrected chi connectivity index (χ3v) is 3.89. The Kier molecular flexibility index (Phi) is 5.00. The molecule has 0 unspecified atom stereocenters. The summed E-state index contributed by atoms with van der Waals surface area (Å²) in [6.07, 6.45) is -0.196. The van der Waals surface area contributed by atoms with E-state index in [1.54, 1.807) is 7.05 Å². The van der Waals surface area contributed by atoms with Gasteiger partial charge in [0.2, 0.25) is 15.9 Å². The predicted molar refractivity (Wildman–Crippen MR) is 71.6 cm³/mol. The minimum absolute atomic E-state index is 0.196. The Bertz CT molecular complexity index is 629. The van der Waals surface area contributed by atoms with Gasteiger partial charge in [0.25, 0.3) is 5.69 Å². The highest BCUT2D eigenvalue weighted by Crippen LogP contribution is 2.26. The molecule has 1 amide bonds. The van der Waals surface area contributed by atoms with Gasteiger partial charge in [-0.05, 0) is 12.1 Å². The van der Waals surface area contributed by atoms with E-state index in [1.165, 1.54) is 6.07 Å². The second-order valence-corrected chi connectivity index (χ2v) is 5.54. The molecule has 0 aliphatic carbocycles. The van der Waals surface area contributed by atoms with Gasteiger partial charge in [-0.1, -0.05) is 0 Å². The summed E-state index contributed by atoms with van der Waals surface area (Å²) in [7, 11) is -2.55. The number of nitro groups is 1. The van der Waals surface area contributed by atoms with Crippen molar-refractivity contribution >= 4 is 27.3 Å². The van der Waals surface area contributed by atoms with E-state index in [1.807, 2.05) is 0 Å². The first-order valence-corrected chi connectivity index (χ1v) is 7.00. The van der Waals surface area contributed by atoms with E-state index in [0.29, 0.717) is 5.69 Å². The molecule has 10 heteroatoms. The zero-order chi connectivity index (χ0) is 15.3. The van der Waals surface area contributed by atoms with Crippen LogP contribution in [0.2, 0.25) is 0 Å². The molecule has 0 aliphatic heterocycles. The smallest absolute Gasteiger partial charge is 0.289 e. The van der Waals surface area contributed by atoms with Gasteiger partial charge in [-0.25, -0.2) is 13.1 Å². The summed E-state index contributed by atoms with van der Waals surface area (Å²) >= 11 is 0. The van der Waals surface area contributed by atoms with Crippen molar-refractivity contribution in [1.29, 1.82) is 0 Å². The number of hydrogen-bond donors (Lipinski definition) is 3. The lowest BCUT2D eigenvalue weighted by molar-refractivity contribution is -0.387. The summed E-state index contributed by atoms with van der Waals surface area (Å²) < 4.78 is 26.1. The van der Waals surface area contributed by atoms with Gasteiger partial charge in [-0.2, -0.15) is 0 Å². The number of anilines is 1. The van der Waals surface area contributed by atoms with Crippen LogP contribution in [0.1, 0.15) is 6.42 Å². The zero-order valence-electron chi connectivity index (χ0n) is 10.6. The Morgan fingerprint density at radius 3 is 2.60 bits per heavy atom. The first kappa shape index (κ1) is 15.9. The molecule has 0 aromatic heterocycles. The lowest BCUT2D eigenvalue weighted by Gasteiger charge is -2.08. The summed E-state index contributed by atoms with van der Waals surface area (Å²) in [6, 6.07) is 3.62. The maximum absolute atomic E-state index is 12.0. The first-order valence-electron chi connectivity index (χ1n) is 5.52. The molecule has 0 bridgehead atoms. The van der Waals surface area contributed by atoms with Gasteiger partial charge in [-0.15, -0.1) is 0 Å². The highest BCUT2D eigenvalue weighted by atomic mass is 32.2. The molecular formula is C10H14N4O5S.